The van der Waals surface area contributed by atoms with E-state index < -0.39 is 11.7 Å². The van der Waals surface area contributed by atoms with Crippen molar-refractivity contribution in [1.82, 2.24) is 9.97 Å². The van der Waals surface area contributed by atoms with Crippen molar-refractivity contribution in [2.75, 3.05) is 18.0 Å². The van der Waals surface area contributed by atoms with E-state index in [4.69, 9.17) is 4.74 Å². The highest BCUT2D eigenvalue weighted by atomic mass is 19.4. The van der Waals surface area contributed by atoms with Crippen molar-refractivity contribution in [3.05, 3.63) is 48.4 Å². The van der Waals surface area contributed by atoms with Gasteiger partial charge in [0, 0.05) is 43.3 Å². The van der Waals surface area contributed by atoms with Gasteiger partial charge in [0.15, 0.2) is 0 Å². The molecular weight excluding hydrogens is 295 g/mol. The molecule has 1 aliphatic rings. The van der Waals surface area contributed by atoms with Crippen LogP contribution in [0.2, 0.25) is 0 Å². The average molecular weight is 309 g/mol. The lowest BCUT2D eigenvalue weighted by Gasteiger charge is -2.18. The van der Waals surface area contributed by atoms with E-state index in [1.807, 2.05) is 12.1 Å². The molecule has 0 aliphatic carbocycles. The lowest BCUT2D eigenvalue weighted by molar-refractivity contribution is -0.137. The van der Waals surface area contributed by atoms with Crippen LogP contribution >= 0.6 is 0 Å². The molecule has 22 heavy (non-hydrogen) atoms. The van der Waals surface area contributed by atoms with Gasteiger partial charge in [-0.1, -0.05) is 0 Å². The zero-order valence-electron chi connectivity index (χ0n) is 11.6. The number of ether oxygens (including phenoxy) is 1. The maximum absolute atomic E-state index is 12.5. The third-order valence-electron chi connectivity index (χ3n) is 3.52. The van der Waals surface area contributed by atoms with Crippen LogP contribution in [0.3, 0.4) is 0 Å². The van der Waals surface area contributed by atoms with Crippen molar-refractivity contribution in [2.45, 2.75) is 18.7 Å². The minimum absolute atomic E-state index is 0.0857. The maximum atomic E-state index is 12.5. The maximum Gasteiger partial charge on any atom is 0.417 e. The van der Waals surface area contributed by atoms with E-state index in [9.17, 15) is 13.2 Å². The summed E-state index contributed by atoms with van der Waals surface area (Å²) < 4.78 is 43.1. The Morgan fingerprint density at radius 2 is 1.91 bits per heavy atom. The Bertz CT molecular complexity index is 616. The highest BCUT2D eigenvalue weighted by Gasteiger charge is 2.31. The number of pyridine rings is 2. The molecule has 3 rings (SSSR count). The Morgan fingerprint density at radius 1 is 1.14 bits per heavy atom. The van der Waals surface area contributed by atoms with Gasteiger partial charge in [-0.15, -0.1) is 0 Å². The predicted molar refractivity (Wildman–Crippen MR) is 74.7 cm³/mol. The second-order valence-corrected chi connectivity index (χ2v) is 5.06. The summed E-state index contributed by atoms with van der Waals surface area (Å²) in [4.78, 5) is 9.86. The highest BCUT2D eigenvalue weighted by molar-refractivity contribution is 5.45. The van der Waals surface area contributed by atoms with Crippen molar-refractivity contribution in [1.29, 1.82) is 0 Å². The molecule has 116 valence electrons. The van der Waals surface area contributed by atoms with E-state index >= 15 is 0 Å². The van der Waals surface area contributed by atoms with Crippen molar-refractivity contribution in [3.8, 4) is 5.88 Å². The first-order valence-corrected chi connectivity index (χ1v) is 6.87. The fraction of sp³-hybridized carbons (Fsp3) is 0.333. The summed E-state index contributed by atoms with van der Waals surface area (Å²) in [7, 11) is 0. The molecule has 0 saturated carbocycles. The van der Waals surface area contributed by atoms with Gasteiger partial charge in [-0.2, -0.15) is 13.2 Å². The summed E-state index contributed by atoms with van der Waals surface area (Å²) in [6.45, 7) is 1.50. The topological polar surface area (TPSA) is 38.2 Å². The molecule has 0 bridgehead atoms. The Kier molecular flexibility index (Phi) is 3.87. The molecular formula is C15H14F3N3O. The molecule has 1 saturated heterocycles. The normalized spacial score (nSPS) is 18.5. The van der Waals surface area contributed by atoms with E-state index in [2.05, 4.69) is 14.9 Å². The Balaban J connectivity index is 1.61. The molecule has 0 radical (unpaired) electrons. The van der Waals surface area contributed by atoms with Crippen LogP contribution in [0.5, 0.6) is 5.88 Å². The zero-order valence-corrected chi connectivity index (χ0v) is 11.6. The van der Waals surface area contributed by atoms with E-state index in [0.717, 1.165) is 30.9 Å². The lowest BCUT2D eigenvalue weighted by atomic mass is 10.3. The molecule has 3 heterocycles. The summed E-state index contributed by atoms with van der Waals surface area (Å²) >= 11 is 0. The van der Waals surface area contributed by atoms with Crippen molar-refractivity contribution in [2.24, 2.45) is 0 Å². The SMILES string of the molecule is FC(F)(F)c1ccc(OC2CCN(c3ccncc3)C2)nc1. The van der Waals surface area contributed by atoms with Gasteiger partial charge in [-0.3, -0.25) is 4.98 Å². The van der Waals surface area contributed by atoms with Gasteiger partial charge in [0.05, 0.1) is 12.1 Å². The largest absolute Gasteiger partial charge is 0.472 e. The fourth-order valence-corrected chi connectivity index (χ4v) is 2.40. The molecule has 1 atom stereocenters. The van der Waals surface area contributed by atoms with E-state index in [-0.39, 0.29) is 12.0 Å². The summed E-state index contributed by atoms with van der Waals surface area (Å²) in [5.41, 5.74) is 0.283. The molecule has 0 N–H and O–H groups in total. The second kappa shape index (κ2) is 5.82. The highest BCUT2D eigenvalue weighted by Crippen LogP contribution is 2.29. The molecule has 1 fully saturated rings. The first-order valence-electron chi connectivity index (χ1n) is 6.87. The third kappa shape index (κ3) is 3.29. The van der Waals surface area contributed by atoms with E-state index in [1.54, 1.807) is 12.4 Å². The summed E-state index contributed by atoms with van der Waals surface area (Å²) in [6, 6.07) is 6.08. The zero-order chi connectivity index (χ0) is 15.6. The van der Waals surface area contributed by atoms with Gasteiger partial charge < -0.3 is 9.64 Å². The quantitative estimate of drug-likeness (QED) is 0.873. The smallest absolute Gasteiger partial charge is 0.417 e. The Labute approximate surface area is 125 Å². The fourth-order valence-electron chi connectivity index (χ4n) is 2.40. The van der Waals surface area contributed by atoms with Crippen molar-refractivity contribution >= 4 is 5.69 Å². The van der Waals surface area contributed by atoms with Crippen LogP contribution in [0.1, 0.15) is 12.0 Å². The van der Waals surface area contributed by atoms with Crippen LogP contribution in [0, 0.1) is 0 Å². The van der Waals surface area contributed by atoms with Gasteiger partial charge in [0.1, 0.15) is 6.10 Å². The van der Waals surface area contributed by atoms with E-state index in [1.165, 1.54) is 6.07 Å². The summed E-state index contributed by atoms with van der Waals surface area (Å²) in [5.74, 6) is 0.217. The first-order chi connectivity index (χ1) is 10.5. The van der Waals surface area contributed by atoms with Crippen LogP contribution in [0.4, 0.5) is 18.9 Å². The Hall–Kier alpha value is -2.31. The number of halogens is 3. The second-order valence-electron chi connectivity index (χ2n) is 5.06. The van der Waals surface area contributed by atoms with Crippen molar-refractivity contribution < 1.29 is 17.9 Å². The van der Waals surface area contributed by atoms with Crippen LogP contribution in [0.15, 0.2) is 42.9 Å². The van der Waals surface area contributed by atoms with Gasteiger partial charge in [-0.05, 0) is 18.2 Å². The molecule has 4 nitrogen and oxygen atoms in total. The van der Waals surface area contributed by atoms with Crippen molar-refractivity contribution in [3.63, 3.8) is 0 Å². The summed E-state index contributed by atoms with van der Waals surface area (Å²) in [6.07, 6.45) is 0.576. The van der Waals surface area contributed by atoms with Crippen LogP contribution < -0.4 is 9.64 Å². The van der Waals surface area contributed by atoms with Gasteiger partial charge in [0.25, 0.3) is 0 Å². The number of nitrogens with zero attached hydrogens (tertiary/aromatic N) is 3. The number of hydrogen-bond acceptors (Lipinski definition) is 4. The monoisotopic (exact) mass is 309 g/mol. The molecule has 1 aliphatic heterocycles. The molecule has 2 aromatic rings. The van der Waals surface area contributed by atoms with E-state index in [0.29, 0.717) is 6.54 Å². The average Bonchev–Trinajstić information content (AvgIpc) is 2.96. The van der Waals surface area contributed by atoms with Crippen LogP contribution in [0.25, 0.3) is 0 Å². The molecule has 7 heteroatoms. The minimum atomic E-state index is -4.38. The van der Waals surface area contributed by atoms with Gasteiger partial charge >= 0.3 is 6.18 Å². The molecule has 0 aromatic carbocycles. The number of alkyl halides is 3. The number of rotatable bonds is 3. The van der Waals surface area contributed by atoms with Crippen LogP contribution in [-0.4, -0.2) is 29.2 Å². The number of aromatic nitrogens is 2. The molecule has 0 amide bonds. The van der Waals surface area contributed by atoms with Crippen LogP contribution in [-0.2, 0) is 6.18 Å². The number of hydrogen-bond donors (Lipinski definition) is 0. The minimum Gasteiger partial charge on any atom is -0.472 e. The first kappa shape index (κ1) is 14.6. The molecule has 1 unspecified atom stereocenters. The lowest BCUT2D eigenvalue weighted by Crippen LogP contribution is -2.24. The Morgan fingerprint density at radius 3 is 2.55 bits per heavy atom. The van der Waals surface area contributed by atoms with Gasteiger partial charge in [-0.25, -0.2) is 4.98 Å². The predicted octanol–water partition coefficient (Wildman–Crippen LogP) is 3.15. The molecule has 0 spiro atoms. The number of anilines is 1. The molecule has 2 aromatic heterocycles. The van der Waals surface area contributed by atoms with Gasteiger partial charge in [0.2, 0.25) is 5.88 Å². The third-order valence-corrected chi connectivity index (χ3v) is 3.52. The summed E-state index contributed by atoms with van der Waals surface area (Å²) in [5, 5.41) is 0. The standard InChI is InChI=1S/C15H14F3N3O/c16-15(17,18)11-1-2-14(20-9-11)22-13-5-8-21(10-13)12-3-6-19-7-4-12/h1-4,6-7,9,13H,5,8,10H2.